The maximum absolute atomic E-state index is 12.8. The monoisotopic (exact) mass is 931 g/mol. The third-order valence-corrected chi connectivity index (χ3v) is 13.0. The van der Waals surface area contributed by atoms with Crippen LogP contribution in [0.1, 0.15) is 219 Å². The molecular weight excluding hydrogens is 836 g/mol. The van der Waals surface area contributed by atoms with Gasteiger partial charge in [0.05, 0.1) is 13.2 Å². The summed E-state index contributed by atoms with van der Waals surface area (Å²) in [5.41, 5.74) is 0. The molecule has 0 aromatic rings. The zero-order valence-electron chi connectivity index (χ0n) is 40.3. The van der Waals surface area contributed by atoms with Gasteiger partial charge in [-0.05, 0) is 44.9 Å². The first-order valence-electron chi connectivity index (χ1n) is 25.8. The van der Waals surface area contributed by atoms with Gasteiger partial charge in [-0.2, -0.15) is 0 Å². The maximum atomic E-state index is 12.8. The van der Waals surface area contributed by atoms with E-state index in [9.17, 15) is 39.8 Å². The molecule has 376 valence electrons. The summed E-state index contributed by atoms with van der Waals surface area (Å²) < 4.78 is 34.2. The van der Waals surface area contributed by atoms with Crippen LogP contribution in [0.2, 0.25) is 0 Å². The molecule has 6 N–H and O–H groups in total. The van der Waals surface area contributed by atoms with E-state index in [4.69, 9.17) is 18.5 Å². The fourth-order valence-electron chi connectivity index (χ4n) is 7.96. The normalized spacial score (nSPS) is 21.9. The van der Waals surface area contributed by atoms with Crippen molar-refractivity contribution < 1.29 is 58.3 Å². The highest BCUT2D eigenvalue weighted by Gasteiger charge is 2.51. The number of aliphatic hydroxyl groups excluding tert-OH is 5. The molecule has 12 nitrogen and oxygen atoms in total. The second-order valence-corrected chi connectivity index (χ2v) is 19.4. The summed E-state index contributed by atoms with van der Waals surface area (Å²) in [6.45, 7) is 4.13. The minimum atomic E-state index is -5.03. The number of ether oxygens (including phenoxy) is 2. The van der Waals surface area contributed by atoms with Crippen LogP contribution in [0, 0.1) is 0 Å². The highest BCUT2D eigenvalue weighted by atomic mass is 31.2. The summed E-state index contributed by atoms with van der Waals surface area (Å²) in [7, 11) is -5.03. The van der Waals surface area contributed by atoms with Crippen molar-refractivity contribution in [1.82, 2.24) is 0 Å². The van der Waals surface area contributed by atoms with Crippen molar-refractivity contribution >= 4 is 13.8 Å². The lowest BCUT2D eigenvalue weighted by Gasteiger charge is -2.41. The fraction of sp³-hybridized carbons (Fsp3) is 0.863. The average molecular weight is 931 g/mol. The SMILES string of the molecule is CC/C=C\C/C=C\C/C=C\CCCCCCOCC(COP(=O)(O)OC1C(O)C(O)C(O)C(O)C1O)OC(=O)CCCCCCCCCCCCCCCCCCCCCCCCC. The number of aliphatic hydroxyl groups is 5. The van der Waals surface area contributed by atoms with Crippen LogP contribution in [0.5, 0.6) is 0 Å². The van der Waals surface area contributed by atoms with Crippen LogP contribution in [0.4, 0.5) is 0 Å². The molecule has 6 atom stereocenters. The molecule has 1 fully saturated rings. The van der Waals surface area contributed by atoms with Crippen molar-refractivity contribution in [2.45, 2.75) is 262 Å². The van der Waals surface area contributed by atoms with Crippen molar-refractivity contribution in [2.75, 3.05) is 19.8 Å². The summed E-state index contributed by atoms with van der Waals surface area (Å²) >= 11 is 0. The number of phosphoric acid groups is 1. The molecule has 1 aliphatic carbocycles. The van der Waals surface area contributed by atoms with Crippen molar-refractivity contribution in [3.63, 3.8) is 0 Å². The lowest BCUT2D eigenvalue weighted by atomic mass is 9.85. The summed E-state index contributed by atoms with van der Waals surface area (Å²) in [5.74, 6) is -0.482. The maximum Gasteiger partial charge on any atom is 0.472 e. The second-order valence-electron chi connectivity index (χ2n) is 18.0. The standard InChI is InChI=1S/C51H95O12P/c1-3-5-7-9-11-13-15-17-19-20-21-22-23-24-25-26-27-28-30-32-34-36-38-40-45(52)62-44(42-60-41-39-37-35-33-31-29-18-16-14-12-10-8-6-4-2)43-61-64(58,59)63-51-49(56)47(54)46(53)48(55)50(51)57/h6,8,12,14,18,29,44,46-51,53-57H,3-5,7,9-11,13,15-17,19-28,30-43H2,1-2H3,(H,58,59)/b8-6-,14-12-,29-18-. The van der Waals surface area contributed by atoms with E-state index in [1.165, 1.54) is 122 Å². The van der Waals surface area contributed by atoms with Gasteiger partial charge in [-0.25, -0.2) is 4.57 Å². The molecule has 1 rings (SSSR count). The van der Waals surface area contributed by atoms with Crippen LogP contribution in [-0.4, -0.2) is 98.9 Å². The molecule has 0 aromatic heterocycles. The number of carbonyl (C=O) groups excluding carboxylic acids is 1. The lowest BCUT2D eigenvalue weighted by molar-refractivity contribution is -0.220. The van der Waals surface area contributed by atoms with Gasteiger partial charge < -0.3 is 39.9 Å². The zero-order chi connectivity index (χ0) is 46.9. The van der Waals surface area contributed by atoms with E-state index < -0.39 is 63.1 Å². The molecule has 0 radical (unpaired) electrons. The van der Waals surface area contributed by atoms with E-state index in [1.807, 2.05) is 0 Å². The van der Waals surface area contributed by atoms with Crippen LogP contribution in [0.15, 0.2) is 36.5 Å². The molecule has 0 amide bonds. The van der Waals surface area contributed by atoms with Crippen molar-refractivity contribution in [3.05, 3.63) is 36.5 Å². The van der Waals surface area contributed by atoms with Crippen LogP contribution in [0.25, 0.3) is 0 Å². The Balaban J connectivity index is 2.30. The molecular formula is C51H95O12P. The predicted octanol–water partition coefficient (Wildman–Crippen LogP) is 11.4. The Morgan fingerprint density at radius 1 is 0.516 bits per heavy atom. The summed E-state index contributed by atoms with van der Waals surface area (Å²) in [6.07, 6.45) is 38.0. The summed E-state index contributed by atoms with van der Waals surface area (Å²) in [5, 5.41) is 50.3. The van der Waals surface area contributed by atoms with E-state index in [1.54, 1.807) is 0 Å². The van der Waals surface area contributed by atoms with E-state index in [-0.39, 0.29) is 13.0 Å². The molecule has 0 aliphatic heterocycles. The minimum absolute atomic E-state index is 0.0894. The van der Waals surface area contributed by atoms with Gasteiger partial charge in [-0.1, -0.05) is 204 Å². The Morgan fingerprint density at radius 3 is 1.41 bits per heavy atom. The Bertz CT molecular complexity index is 1200. The highest BCUT2D eigenvalue weighted by molar-refractivity contribution is 7.47. The van der Waals surface area contributed by atoms with Crippen molar-refractivity contribution in [1.29, 1.82) is 0 Å². The van der Waals surface area contributed by atoms with Gasteiger partial charge in [0.25, 0.3) is 0 Å². The van der Waals surface area contributed by atoms with Gasteiger partial charge in [0, 0.05) is 13.0 Å². The Kier molecular flexibility index (Phi) is 39.5. The Hall–Kier alpha value is -1.44. The number of hydrogen-bond donors (Lipinski definition) is 6. The van der Waals surface area contributed by atoms with Gasteiger partial charge in [-0.3, -0.25) is 13.8 Å². The number of esters is 1. The van der Waals surface area contributed by atoms with Gasteiger partial charge in [0.2, 0.25) is 0 Å². The number of unbranched alkanes of at least 4 members (excludes halogenated alkanes) is 26. The van der Waals surface area contributed by atoms with Gasteiger partial charge in [-0.15, -0.1) is 0 Å². The van der Waals surface area contributed by atoms with Crippen LogP contribution < -0.4 is 0 Å². The van der Waals surface area contributed by atoms with E-state index in [2.05, 4.69) is 50.3 Å². The number of phosphoric ester groups is 1. The molecule has 1 aliphatic rings. The highest BCUT2D eigenvalue weighted by Crippen LogP contribution is 2.47. The number of carbonyl (C=O) groups is 1. The molecule has 0 spiro atoms. The molecule has 0 aromatic carbocycles. The Morgan fingerprint density at radius 2 is 0.922 bits per heavy atom. The summed E-state index contributed by atoms with van der Waals surface area (Å²) in [4.78, 5) is 23.2. The first-order valence-corrected chi connectivity index (χ1v) is 27.3. The molecule has 13 heteroatoms. The topological polar surface area (TPSA) is 192 Å². The number of allylic oxidation sites excluding steroid dienone is 6. The predicted molar refractivity (Wildman–Crippen MR) is 258 cm³/mol. The van der Waals surface area contributed by atoms with E-state index in [0.29, 0.717) is 13.0 Å². The van der Waals surface area contributed by atoms with E-state index >= 15 is 0 Å². The van der Waals surface area contributed by atoms with Crippen molar-refractivity contribution in [2.24, 2.45) is 0 Å². The third-order valence-electron chi connectivity index (χ3n) is 12.0. The number of rotatable bonds is 44. The minimum Gasteiger partial charge on any atom is -0.457 e. The van der Waals surface area contributed by atoms with Gasteiger partial charge in [0.15, 0.2) is 0 Å². The van der Waals surface area contributed by atoms with Crippen LogP contribution in [-0.2, 0) is 27.9 Å². The third kappa shape index (κ3) is 33.1. The fourth-order valence-corrected chi connectivity index (χ4v) is 8.93. The molecule has 0 saturated heterocycles. The van der Waals surface area contributed by atoms with Gasteiger partial charge >= 0.3 is 13.8 Å². The zero-order valence-corrected chi connectivity index (χ0v) is 41.2. The quantitative estimate of drug-likeness (QED) is 0.0147. The smallest absolute Gasteiger partial charge is 0.457 e. The lowest BCUT2D eigenvalue weighted by Crippen LogP contribution is -2.64. The average Bonchev–Trinajstić information content (AvgIpc) is 3.28. The molecule has 1 saturated carbocycles. The molecule has 6 unspecified atom stereocenters. The largest absolute Gasteiger partial charge is 0.472 e. The van der Waals surface area contributed by atoms with Crippen molar-refractivity contribution in [3.8, 4) is 0 Å². The van der Waals surface area contributed by atoms with Crippen LogP contribution >= 0.6 is 7.82 Å². The van der Waals surface area contributed by atoms with Gasteiger partial charge in [0.1, 0.15) is 42.7 Å². The molecule has 64 heavy (non-hydrogen) atoms. The summed E-state index contributed by atoms with van der Waals surface area (Å²) in [6, 6.07) is 0. The Labute approximate surface area is 389 Å². The second kappa shape index (κ2) is 41.7. The number of hydrogen-bond acceptors (Lipinski definition) is 11. The first-order chi connectivity index (χ1) is 31.0. The molecule has 0 bridgehead atoms. The first kappa shape index (κ1) is 60.6. The van der Waals surface area contributed by atoms with Crippen LogP contribution in [0.3, 0.4) is 0 Å². The molecule has 0 heterocycles. The van der Waals surface area contributed by atoms with E-state index in [0.717, 1.165) is 70.6 Å².